The van der Waals surface area contributed by atoms with E-state index in [-0.39, 0.29) is 11.8 Å². The van der Waals surface area contributed by atoms with Gasteiger partial charge in [0, 0.05) is 23.3 Å². The van der Waals surface area contributed by atoms with Gasteiger partial charge in [-0.1, -0.05) is 19.1 Å². The highest BCUT2D eigenvalue weighted by atomic mass is 32.2. The molecular formula is C20H21N3O2S. The topological polar surface area (TPSA) is 67.0 Å². The third-order valence-corrected chi connectivity index (χ3v) is 5.22. The van der Waals surface area contributed by atoms with E-state index in [2.05, 4.69) is 22.2 Å². The molecule has 0 spiro atoms. The Morgan fingerprint density at radius 2 is 2.12 bits per heavy atom. The summed E-state index contributed by atoms with van der Waals surface area (Å²) in [5.74, 6) is 2.61. The quantitative estimate of drug-likeness (QED) is 0.455. The maximum absolute atomic E-state index is 12.1. The molecule has 2 heterocycles. The molecule has 4 rings (SSSR count). The summed E-state index contributed by atoms with van der Waals surface area (Å²) in [5, 5.41) is 3.97. The van der Waals surface area contributed by atoms with Crippen LogP contribution in [0.2, 0.25) is 0 Å². The number of H-pyrrole nitrogens is 1. The predicted molar refractivity (Wildman–Crippen MR) is 106 cm³/mol. The predicted octanol–water partition coefficient (Wildman–Crippen LogP) is 5.02. The molecule has 1 aliphatic carbocycles. The lowest BCUT2D eigenvalue weighted by Crippen LogP contribution is -2.14. The Labute approximate surface area is 156 Å². The molecule has 0 radical (unpaired) electrons. The van der Waals surface area contributed by atoms with Crippen LogP contribution in [0.3, 0.4) is 0 Å². The summed E-state index contributed by atoms with van der Waals surface area (Å²) in [6.45, 7) is 2.13. The normalized spacial score (nSPS) is 13.7. The summed E-state index contributed by atoms with van der Waals surface area (Å²) in [5.41, 5.74) is 2.87. The van der Waals surface area contributed by atoms with Gasteiger partial charge in [0.1, 0.15) is 17.2 Å². The summed E-state index contributed by atoms with van der Waals surface area (Å²) < 4.78 is 5.66. The molecule has 0 atom stereocenters. The van der Waals surface area contributed by atoms with E-state index in [9.17, 15) is 4.79 Å². The molecule has 0 bridgehead atoms. The molecule has 1 amide bonds. The molecule has 0 saturated heterocycles. The molecule has 6 heteroatoms. The van der Waals surface area contributed by atoms with Gasteiger partial charge in [0.15, 0.2) is 0 Å². The first-order valence-corrected chi connectivity index (χ1v) is 9.84. The van der Waals surface area contributed by atoms with Crippen molar-refractivity contribution >= 4 is 34.8 Å². The number of amides is 1. The number of nitrogens with zero attached hydrogens (tertiary/aromatic N) is 1. The number of anilines is 1. The van der Waals surface area contributed by atoms with Crippen LogP contribution in [0.5, 0.6) is 5.75 Å². The maximum atomic E-state index is 12.1. The molecular weight excluding hydrogens is 346 g/mol. The molecule has 0 unspecified atom stereocenters. The zero-order valence-corrected chi connectivity index (χ0v) is 15.4. The molecule has 2 aromatic heterocycles. The van der Waals surface area contributed by atoms with E-state index >= 15 is 0 Å². The lowest BCUT2D eigenvalue weighted by Gasteiger charge is -2.09. The minimum atomic E-state index is 0.0612. The number of aromatic amines is 1. The van der Waals surface area contributed by atoms with Crippen molar-refractivity contribution in [1.29, 1.82) is 0 Å². The highest BCUT2D eigenvalue weighted by molar-refractivity contribution is 7.95. The maximum Gasteiger partial charge on any atom is 0.228 e. The largest absolute Gasteiger partial charge is 0.426 e. The van der Waals surface area contributed by atoms with Gasteiger partial charge in [-0.3, -0.25) is 4.79 Å². The Balaban J connectivity index is 1.61. The number of rotatable bonds is 7. The molecule has 1 saturated carbocycles. The fourth-order valence-corrected chi connectivity index (χ4v) is 3.29. The highest BCUT2D eigenvalue weighted by Crippen LogP contribution is 2.33. The number of carbonyl (C=O) groups excluding carboxylic acids is 1. The van der Waals surface area contributed by atoms with Crippen LogP contribution in [0.15, 0.2) is 42.6 Å². The number of carbonyl (C=O) groups is 1. The highest BCUT2D eigenvalue weighted by Gasteiger charge is 2.30. The Hall–Kier alpha value is -2.47. The smallest absolute Gasteiger partial charge is 0.228 e. The fraction of sp³-hybridized carbons (Fsp3) is 0.300. The third kappa shape index (κ3) is 3.70. The minimum absolute atomic E-state index is 0.0612. The van der Waals surface area contributed by atoms with E-state index in [0.29, 0.717) is 5.82 Å². The molecule has 1 aliphatic rings. The van der Waals surface area contributed by atoms with Gasteiger partial charge < -0.3 is 14.5 Å². The molecule has 0 aliphatic heterocycles. The molecule has 2 N–H and O–H groups in total. The van der Waals surface area contributed by atoms with Crippen molar-refractivity contribution in [2.24, 2.45) is 5.92 Å². The zero-order valence-electron chi connectivity index (χ0n) is 14.6. The average molecular weight is 367 g/mol. The van der Waals surface area contributed by atoms with E-state index in [4.69, 9.17) is 4.18 Å². The van der Waals surface area contributed by atoms with E-state index in [1.807, 2.05) is 42.6 Å². The van der Waals surface area contributed by atoms with Crippen LogP contribution in [0, 0.1) is 5.92 Å². The van der Waals surface area contributed by atoms with E-state index in [1.54, 1.807) is 0 Å². The Morgan fingerprint density at radius 3 is 2.85 bits per heavy atom. The summed E-state index contributed by atoms with van der Waals surface area (Å²) in [6, 6.07) is 12.0. The van der Waals surface area contributed by atoms with Gasteiger partial charge in [-0.2, -0.15) is 0 Å². The van der Waals surface area contributed by atoms with Crippen LogP contribution in [0.25, 0.3) is 22.2 Å². The van der Waals surface area contributed by atoms with Gasteiger partial charge in [-0.15, -0.1) is 0 Å². The monoisotopic (exact) mass is 367 g/mol. The van der Waals surface area contributed by atoms with Crippen LogP contribution in [-0.2, 0) is 4.79 Å². The van der Waals surface area contributed by atoms with E-state index in [1.165, 1.54) is 12.0 Å². The summed E-state index contributed by atoms with van der Waals surface area (Å²) in [4.78, 5) is 19.8. The Morgan fingerprint density at radius 1 is 1.31 bits per heavy atom. The van der Waals surface area contributed by atoms with Gasteiger partial charge in [-0.25, -0.2) is 4.98 Å². The minimum Gasteiger partial charge on any atom is -0.426 e. The molecule has 26 heavy (non-hydrogen) atoms. The Bertz CT molecular complexity index is 916. The van der Waals surface area contributed by atoms with Crippen molar-refractivity contribution in [3.8, 4) is 16.9 Å². The number of fused-ring (bicyclic) bond motifs is 1. The first kappa shape index (κ1) is 17.0. The summed E-state index contributed by atoms with van der Waals surface area (Å²) in [6.07, 6.45) is 4.90. The van der Waals surface area contributed by atoms with Crippen molar-refractivity contribution < 1.29 is 8.98 Å². The number of hydrogen-bond acceptors (Lipinski definition) is 4. The van der Waals surface area contributed by atoms with Gasteiger partial charge in [-0.05, 0) is 54.7 Å². The van der Waals surface area contributed by atoms with Crippen molar-refractivity contribution in [3.05, 3.63) is 42.6 Å². The molecule has 134 valence electrons. The van der Waals surface area contributed by atoms with Crippen LogP contribution in [0.1, 0.15) is 26.2 Å². The van der Waals surface area contributed by atoms with Gasteiger partial charge >= 0.3 is 0 Å². The molecule has 1 fully saturated rings. The lowest BCUT2D eigenvalue weighted by molar-refractivity contribution is -0.117. The number of hydrogen-bond donors (Lipinski definition) is 2. The van der Waals surface area contributed by atoms with Gasteiger partial charge in [0.2, 0.25) is 5.91 Å². The summed E-state index contributed by atoms with van der Waals surface area (Å²) in [7, 11) is 0. The van der Waals surface area contributed by atoms with Crippen molar-refractivity contribution in [2.45, 2.75) is 26.2 Å². The van der Waals surface area contributed by atoms with Crippen molar-refractivity contribution in [2.75, 3.05) is 11.1 Å². The van der Waals surface area contributed by atoms with Crippen molar-refractivity contribution in [1.82, 2.24) is 9.97 Å². The van der Waals surface area contributed by atoms with Crippen LogP contribution in [0.4, 0.5) is 5.82 Å². The second-order valence-electron chi connectivity index (χ2n) is 6.49. The number of nitrogens with one attached hydrogen (secondary N) is 2. The van der Waals surface area contributed by atoms with Gasteiger partial charge in [0.05, 0.1) is 12.0 Å². The second kappa shape index (κ2) is 7.41. The average Bonchev–Trinajstić information content (AvgIpc) is 3.40. The second-order valence-corrected chi connectivity index (χ2v) is 7.30. The number of aromatic nitrogens is 2. The van der Waals surface area contributed by atoms with Crippen LogP contribution in [-0.4, -0.2) is 21.6 Å². The number of pyridine rings is 1. The number of benzene rings is 1. The zero-order chi connectivity index (χ0) is 17.9. The van der Waals surface area contributed by atoms with Crippen molar-refractivity contribution in [3.63, 3.8) is 0 Å². The molecule has 3 aromatic rings. The van der Waals surface area contributed by atoms with Crippen LogP contribution >= 0.6 is 12.0 Å². The standard InChI is InChI=1S/C20H21N3O2S/c1-2-11-26-25-15-7-5-13(6-8-15)17-12-18(23-20(24)14-3-4-14)22-19-16(17)9-10-21-19/h5-10,12,14H,2-4,11H2,1H3,(H2,21,22,23,24). The van der Waals surface area contributed by atoms with Crippen LogP contribution < -0.4 is 9.50 Å². The summed E-state index contributed by atoms with van der Waals surface area (Å²) >= 11 is 1.47. The van der Waals surface area contributed by atoms with E-state index < -0.39 is 0 Å². The lowest BCUT2D eigenvalue weighted by atomic mass is 10.0. The molecule has 5 nitrogen and oxygen atoms in total. The first-order chi connectivity index (χ1) is 12.7. The fourth-order valence-electron chi connectivity index (χ4n) is 2.80. The van der Waals surface area contributed by atoms with Gasteiger partial charge in [0.25, 0.3) is 0 Å². The third-order valence-electron chi connectivity index (χ3n) is 4.34. The SMILES string of the molecule is CCCSOc1ccc(-c2cc(NC(=O)C3CC3)nc3[nH]ccc23)cc1. The molecule has 1 aromatic carbocycles. The Kier molecular flexibility index (Phi) is 4.84. The first-order valence-electron chi connectivity index (χ1n) is 8.93. The van der Waals surface area contributed by atoms with E-state index in [0.717, 1.165) is 52.9 Å².